The molecule has 11 heteroatoms. The van der Waals surface area contributed by atoms with Gasteiger partial charge in [-0.15, -0.1) is 10.2 Å². The number of fused-ring (bicyclic) bond motifs is 1. The van der Waals surface area contributed by atoms with Gasteiger partial charge in [0.1, 0.15) is 16.5 Å². The highest BCUT2D eigenvalue weighted by Crippen LogP contribution is 2.29. The summed E-state index contributed by atoms with van der Waals surface area (Å²) in [5, 5.41) is 11.6. The Morgan fingerprint density at radius 3 is 2.58 bits per heavy atom. The first-order valence-electron chi connectivity index (χ1n) is 12.7. The summed E-state index contributed by atoms with van der Waals surface area (Å²) < 4.78 is 40.5. The first-order chi connectivity index (χ1) is 18.5. The van der Waals surface area contributed by atoms with Crippen LogP contribution in [0.5, 0.6) is 5.75 Å². The lowest BCUT2D eigenvalue weighted by Gasteiger charge is -2.26. The molecule has 0 aliphatic carbocycles. The molecular formula is C27H31N5O5S. The normalized spacial score (nSPS) is 16.7. The molecule has 1 saturated heterocycles. The van der Waals surface area contributed by atoms with E-state index in [0.29, 0.717) is 24.5 Å². The number of anilines is 1. The molecule has 1 amide bonds. The minimum absolute atomic E-state index is 0.0615. The van der Waals surface area contributed by atoms with Gasteiger partial charge in [-0.25, -0.2) is 8.42 Å². The van der Waals surface area contributed by atoms with Gasteiger partial charge in [-0.2, -0.15) is 4.31 Å². The van der Waals surface area contributed by atoms with Crippen molar-refractivity contribution >= 4 is 27.7 Å². The predicted molar refractivity (Wildman–Crippen MR) is 143 cm³/mol. The molecule has 200 valence electrons. The summed E-state index contributed by atoms with van der Waals surface area (Å²) in [7, 11) is -2.33. The molecule has 10 nitrogen and oxygen atoms in total. The zero-order chi connectivity index (χ0) is 26.5. The third kappa shape index (κ3) is 5.64. The Balaban J connectivity index is 1.27. The largest absolute Gasteiger partial charge is 0.495 e. The van der Waals surface area contributed by atoms with Crippen molar-refractivity contribution in [2.45, 2.75) is 37.1 Å². The highest BCUT2D eigenvalue weighted by Gasteiger charge is 2.29. The van der Waals surface area contributed by atoms with E-state index in [-0.39, 0.29) is 29.6 Å². The van der Waals surface area contributed by atoms with Crippen molar-refractivity contribution in [1.29, 1.82) is 0 Å². The number of aromatic nitrogens is 3. The van der Waals surface area contributed by atoms with E-state index >= 15 is 0 Å². The van der Waals surface area contributed by atoms with Crippen molar-refractivity contribution in [3.63, 3.8) is 0 Å². The van der Waals surface area contributed by atoms with Crippen molar-refractivity contribution in [2.75, 3.05) is 38.7 Å². The number of ether oxygens (including phenoxy) is 2. The smallest absolute Gasteiger partial charge is 0.248 e. The maximum Gasteiger partial charge on any atom is 0.248 e. The van der Waals surface area contributed by atoms with Crippen LogP contribution >= 0.6 is 0 Å². The molecule has 0 spiro atoms. The molecule has 3 aromatic rings. The molecule has 0 radical (unpaired) electrons. The second-order valence-corrected chi connectivity index (χ2v) is 11.1. The average Bonchev–Trinajstić information content (AvgIpc) is 3.20. The monoisotopic (exact) mass is 537 g/mol. The fraction of sp³-hybridized carbons (Fsp3) is 0.370. The van der Waals surface area contributed by atoms with Crippen LogP contribution in [0.4, 0.5) is 5.69 Å². The molecule has 1 N–H and O–H groups in total. The zero-order valence-corrected chi connectivity index (χ0v) is 22.1. The van der Waals surface area contributed by atoms with Gasteiger partial charge in [-0.05, 0) is 60.9 Å². The Bertz CT molecular complexity index is 1430. The molecule has 1 fully saturated rings. The third-order valence-electron chi connectivity index (χ3n) is 6.72. The minimum atomic E-state index is -3.76. The number of nitrogens with one attached hydrogen (secondary N) is 1. The Labute approximate surface area is 222 Å². The number of hydrogen-bond donors (Lipinski definition) is 1. The van der Waals surface area contributed by atoms with E-state index in [0.717, 1.165) is 43.0 Å². The number of aryl methyl sites for hydroxylation is 1. The summed E-state index contributed by atoms with van der Waals surface area (Å²) in [6.07, 6.45) is 7.35. The molecular weight excluding hydrogens is 506 g/mol. The van der Waals surface area contributed by atoms with Crippen LogP contribution in [-0.2, 0) is 32.5 Å². The first-order valence-corrected chi connectivity index (χ1v) is 14.2. The maximum absolute atomic E-state index is 13.2. The predicted octanol–water partition coefficient (Wildman–Crippen LogP) is 3.35. The lowest BCUT2D eigenvalue weighted by molar-refractivity contribution is -0.111. The summed E-state index contributed by atoms with van der Waals surface area (Å²) in [6, 6.07) is 12.3. The van der Waals surface area contributed by atoms with E-state index < -0.39 is 10.0 Å². The molecule has 3 heterocycles. The molecule has 0 saturated carbocycles. The number of nitrogens with zero attached hydrogens (tertiary/aromatic N) is 4. The molecule has 1 aromatic heterocycles. The van der Waals surface area contributed by atoms with Gasteiger partial charge in [0.25, 0.3) is 0 Å². The maximum atomic E-state index is 13.2. The number of methoxy groups -OCH3 is 1. The zero-order valence-electron chi connectivity index (χ0n) is 21.3. The number of rotatable bonds is 7. The van der Waals surface area contributed by atoms with Crippen molar-refractivity contribution in [3.05, 3.63) is 59.9 Å². The number of hydrogen-bond acceptors (Lipinski definition) is 7. The first kappa shape index (κ1) is 26.1. The molecule has 2 aliphatic rings. The number of carbonyl (C=O) groups is 1. The van der Waals surface area contributed by atoms with E-state index in [9.17, 15) is 13.2 Å². The van der Waals surface area contributed by atoms with Crippen LogP contribution in [0.3, 0.4) is 0 Å². The topological polar surface area (TPSA) is 116 Å². The summed E-state index contributed by atoms with van der Waals surface area (Å²) in [5.74, 6) is 1.80. The number of benzene rings is 2. The molecule has 0 unspecified atom stereocenters. The Morgan fingerprint density at radius 1 is 1.03 bits per heavy atom. The number of amides is 1. The lowest BCUT2D eigenvalue weighted by Crippen LogP contribution is -2.40. The van der Waals surface area contributed by atoms with Crippen LogP contribution in [0.15, 0.2) is 53.4 Å². The highest BCUT2D eigenvalue weighted by molar-refractivity contribution is 7.89. The van der Waals surface area contributed by atoms with Crippen molar-refractivity contribution in [3.8, 4) is 17.1 Å². The summed E-state index contributed by atoms with van der Waals surface area (Å²) in [5.41, 5.74) is 2.16. The van der Waals surface area contributed by atoms with Crippen molar-refractivity contribution in [2.24, 2.45) is 0 Å². The molecule has 2 aromatic carbocycles. The van der Waals surface area contributed by atoms with Crippen LogP contribution < -0.4 is 10.1 Å². The Morgan fingerprint density at radius 2 is 1.82 bits per heavy atom. The van der Waals surface area contributed by atoms with Gasteiger partial charge in [0.05, 0.1) is 20.3 Å². The second-order valence-electron chi connectivity index (χ2n) is 9.23. The van der Waals surface area contributed by atoms with Gasteiger partial charge in [-0.1, -0.05) is 12.5 Å². The van der Waals surface area contributed by atoms with Gasteiger partial charge in [0.15, 0.2) is 5.82 Å². The third-order valence-corrected chi connectivity index (χ3v) is 8.64. The molecule has 38 heavy (non-hydrogen) atoms. The van der Waals surface area contributed by atoms with Gasteiger partial charge in [-0.3, -0.25) is 4.79 Å². The van der Waals surface area contributed by atoms with Gasteiger partial charge >= 0.3 is 0 Å². The van der Waals surface area contributed by atoms with E-state index in [2.05, 4.69) is 20.1 Å². The SMILES string of the molecule is COc1ccc(C=CC(=O)Nc2ccc(-c3nnc4n3CCCCC4)cc2)cc1S(=O)(=O)N1CCOCC1. The van der Waals surface area contributed by atoms with Crippen LogP contribution in [0, 0.1) is 0 Å². The summed E-state index contributed by atoms with van der Waals surface area (Å²) in [6.45, 7) is 2.19. The average molecular weight is 538 g/mol. The van der Waals surface area contributed by atoms with E-state index in [1.54, 1.807) is 18.2 Å². The quantitative estimate of drug-likeness (QED) is 0.460. The summed E-state index contributed by atoms with van der Waals surface area (Å²) >= 11 is 0. The van der Waals surface area contributed by atoms with Gasteiger partial charge in [0, 0.05) is 43.4 Å². The fourth-order valence-corrected chi connectivity index (χ4v) is 6.28. The number of carbonyl (C=O) groups excluding carboxylic acids is 1. The summed E-state index contributed by atoms with van der Waals surface area (Å²) in [4.78, 5) is 12.7. The van der Waals surface area contributed by atoms with Crippen molar-refractivity contribution < 1.29 is 22.7 Å². The molecule has 0 bridgehead atoms. The molecule has 2 aliphatic heterocycles. The lowest BCUT2D eigenvalue weighted by atomic mass is 10.2. The highest BCUT2D eigenvalue weighted by atomic mass is 32.2. The minimum Gasteiger partial charge on any atom is -0.495 e. The van der Waals surface area contributed by atoms with Crippen molar-refractivity contribution in [1.82, 2.24) is 19.1 Å². The van der Waals surface area contributed by atoms with E-state index in [1.165, 1.54) is 30.0 Å². The van der Waals surface area contributed by atoms with E-state index in [4.69, 9.17) is 9.47 Å². The molecule has 0 atom stereocenters. The van der Waals surface area contributed by atoms with Crippen LogP contribution in [-0.4, -0.2) is 66.8 Å². The Kier molecular flexibility index (Phi) is 7.87. The van der Waals surface area contributed by atoms with Gasteiger partial charge in [0.2, 0.25) is 15.9 Å². The van der Waals surface area contributed by atoms with Crippen LogP contribution in [0.25, 0.3) is 17.5 Å². The molecule has 5 rings (SSSR count). The standard InChI is InChI=1S/C27H31N5O5S/c1-36-23-12-6-20(19-24(23)38(34,35)31-15-17-37-18-16-31)7-13-26(33)28-22-10-8-21(9-11-22)27-30-29-25-5-3-2-4-14-32(25)27/h6-13,19H,2-5,14-18H2,1H3,(H,28,33). The Hall–Kier alpha value is -3.54. The van der Waals surface area contributed by atoms with Gasteiger partial charge < -0.3 is 19.4 Å². The second kappa shape index (κ2) is 11.5. The number of morpholine rings is 1. The van der Waals surface area contributed by atoms with Crippen LogP contribution in [0.1, 0.15) is 30.7 Å². The van der Waals surface area contributed by atoms with Crippen LogP contribution in [0.2, 0.25) is 0 Å². The number of sulfonamides is 1. The fourth-order valence-electron chi connectivity index (χ4n) is 4.68. The van der Waals surface area contributed by atoms with E-state index in [1.807, 2.05) is 24.3 Å².